The van der Waals surface area contributed by atoms with Crippen LogP contribution in [0.4, 0.5) is 5.69 Å². The van der Waals surface area contributed by atoms with Gasteiger partial charge in [0.1, 0.15) is 11.4 Å². The summed E-state index contributed by atoms with van der Waals surface area (Å²) in [5.41, 5.74) is 2.19. The van der Waals surface area contributed by atoms with E-state index in [2.05, 4.69) is 10.3 Å². The molecule has 0 fully saturated rings. The summed E-state index contributed by atoms with van der Waals surface area (Å²) in [5, 5.41) is 3.88. The largest absolute Gasteiger partial charge is 0.497 e. The molecule has 0 bridgehead atoms. The van der Waals surface area contributed by atoms with Crippen LogP contribution in [0.15, 0.2) is 53.4 Å². The molecule has 0 aliphatic rings. The van der Waals surface area contributed by atoms with Crippen molar-refractivity contribution in [1.29, 1.82) is 0 Å². The first-order valence-corrected chi connectivity index (χ1v) is 8.04. The molecular weight excluding hydrogens is 296 g/mol. The Morgan fingerprint density at radius 1 is 1.18 bits per heavy atom. The highest BCUT2D eigenvalue weighted by atomic mass is 32.2. The normalized spacial score (nSPS) is 10.6. The summed E-state index contributed by atoms with van der Waals surface area (Å²) in [7, 11) is 1.62. The van der Waals surface area contributed by atoms with Crippen LogP contribution < -0.4 is 10.1 Å². The molecule has 112 valence electrons. The van der Waals surface area contributed by atoms with Gasteiger partial charge in [0, 0.05) is 27.6 Å². The Kier molecular flexibility index (Phi) is 4.06. The molecule has 4 nitrogen and oxygen atoms in total. The topological polar surface area (TPSA) is 54.1 Å². The van der Waals surface area contributed by atoms with Crippen molar-refractivity contribution in [2.24, 2.45) is 0 Å². The number of amides is 1. The molecule has 3 rings (SSSR count). The molecule has 0 saturated carbocycles. The number of hydrogen-bond donors (Lipinski definition) is 2. The van der Waals surface area contributed by atoms with Gasteiger partial charge in [-0.15, -0.1) is 11.8 Å². The zero-order valence-electron chi connectivity index (χ0n) is 12.3. The van der Waals surface area contributed by atoms with Crippen LogP contribution in [0.3, 0.4) is 0 Å². The number of methoxy groups -OCH3 is 1. The lowest BCUT2D eigenvalue weighted by Gasteiger charge is -2.05. The van der Waals surface area contributed by atoms with Crippen LogP contribution in [0.25, 0.3) is 10.9 Å². The maximum atomic E-state index is 12.4. The molecule has 3 aromatic rings. The van der Waals surface area contributed by atoms with E-state index >= 15 is 0 Å². The molecule has 1 aromatic heterocycles. The van der Waals surface area contributed by atoms with Crippen LogP contribution >= 0.6 is 11.8 Å². The van der Waals surface area contributed by atoms with E-state index in [0.717, 1.165) is 27.2 Å². The van der Waals surface area contributed by atoms with Crippen molar-refractivity contribution in [2.75, 3.05) is 18.7 Å². The van der Waals surface area contributed by atoms with Crippen LogP contribution in [0.1, 0.15) is 10.5 Å². The Labute approximate surface area is 132 Å². The molecule has 0 radical (unpaired) electrons. The second-order valence-corrected chi connectivity index (χ2v) is 5.70. The standard InChI is InChI=1S/C17H16N2O2S/c1-21-13-7-6-11-8-16(19-15(11)10-13)17(20)18-12-4-3-5-14(9-12)22-2/h3-10,19H,1-2H3,(H,18,20). The highest BCUT2D eigenvalue weighted by Gasteiger charge is 2.10. The highest BCUT2D eigenvalue weighted by molar-refractivity contribution is 7.98. The van der Waals surface area contributed by atoms with Gasteiger partial charge in [0.05, 0.1) is 7.11 Å². The first kappa shape index (κ1) is 14.5. The summed E-state index contributed by atoms with van der Waals surface area (Å²) in [4.78, 5) is 16.6. The molecule has 1 heterocycles. The van der Waals surface area contributed by atoms with Gasteiger partial charge in [-0.3, -0.25) is 4.79 Å². The number of anilines is 1. The van der Waals surface area contributed by atoms with Gasteiger partial charge in [-0.2, -0.15) is 0 Å². The van der Waals surface area contributed by atoms with Crippen LogP contribution in [-0.4, -0.2) is 24.3 Å². The lowest BCUT2D eigenvalue weighted by atomic mass is 10.2. The van der Waals surface area contributed by atoms with Gasteiger partial charge >= 0.3 is 0 Å². The summed E-state index contributed by atoms with van der Waals surface area (Å²) >= 11 is 1.64. The van der Waals surface area contributed by atoms with Crippen LogP contribution in [0.2, 0.25) is 0 Å². The van der Waals surface area contributed by atoms with Gasteiger partial charge in [0.2, 0.25) is 0 Å². The van der Waals surface area contributed by atoms with Crippen molar-refractivity contribution in [3.05, 3.63) is 54.2 Å². The zero-order valence-corrected chi connectivity index (χ0v) is 13.2. The molecule has 0 atom stereocenters. The minimum absolute atomic E-state index is 0.159. The number of carbonyl (C=O) groups is 1. The molecule has 22 heavy (non-hydrogen) atoms. The summed E-state index contributed by atoms with van der Waals surface area (Å²) in [6, 6.07) is 15.3. The van der Waals surface area contributed by atoms with E-state index in [0.29, 0.717) is 5.69 Å². The Morgan fingerprint density at radius 3 is 2.82 bits per heavy atom. The summed E-state index contributed by atoms with van der Waals surface area (Å²) in [6.45, 7) is 0. The molecule has 0 aliphatic carbocycles. The first-order valence-electron chi connectivity index (χ1n) is 6.82. The number of rotatable bonds is 4. The lowest BCUT2D eigenvalue weighted by Crippen LogP contribution is -2.12. The second-order valence-electron chi connectivity index (χ2n) is 4.82. The number of aromatic nitrogens is 1. The smallest absolute Gasteiger partial charge is 0.272 e. The summed E-state index contributed by atoms with van der Waals surface area (Å²) in [6.07, 6.45) is 2.01. The Morgan fingerprint density at radius 2 is 2.05 bits per heavy atom. The number of carbonyl (C=O) groups excluding carboxylic acids is 1. The van der Waals surface area contributed by atoms with Crippen LogP contribution in [0.5, 0.6) is 5.75 Å². The van der Waals surface area contributed by atoms with Crippen LogP contribution in [0, 0.1) is 0 Å². The zero-order chi connectivity index (χ0) is 15.5. The fourth-order valence-electron chi connectivity index (χ4n) is 2.25. The fourth-order valence-corrected chi connectivity index (χ4v) is 2.71. The van der Waals surface area contributed by atoms with E-state index in [9.17, 15) is 4.79 Å². The molecular formula is C17H16N2O2S. The monoisotopic (exact) mass is 312 g/mol. The van der Waals surface area contributed by atoms with Gasteiger partial charge in [-0.1, -0.05) is 6.07 Å². The van der Waals surface area contributed by atoms with Crippen molar-refractivity contribution in [3.8, 4) is 5.75 Å². The van der Waals surface area contributed by atoms with Crippen molar-refractivity contribution in [2.45, 2.75) is 4.90 Å². The number of benzene rings is 2. The number of nitrogens with one attached hydrogen (secondary N) is 2. The number of fused-ring (bicyclic) bond motifs is 1. The summed E-state index contributed by atoms with van der Waals surface area (Å²) in [5.74, 6) is 0.599. The predicted octanol–water partition coefficient (Wildman–Crippen LogP) is 4.15. The molecule has 2 N–H and O–H groups in total. The number of thioether (sulfide) groups is 1. The second kappa shape index (κ2) is 6.15. The van der Waals surface area contributed by atoms with Crippen molar-refractivity contribution >= 4 is 34.3 Å². The predicted molar refractivity (Wildman–Crippen MR) is 91.0 cm³/mol. The Balaban J connectivity index is 1.85. The minimum Gasteiger partial charge on any atom is -0.497 e. The number of aromatic amines is 1. The maximum absolute atomic E-state index is 12.4. The Hall–Kier alpha value is -2.40. The van der Waals surface area contributed by atoms with E-state index < -0.39 is 0 Å². The maximum Gasteiger partial charge on any atom is 0.272 e. The molecule has 5 heteroatoms. The van der Waals surface area contributed by atoms with E-state index in [-0.39, 0.29) is 5.91 Å². The first-order chi connectivity index (χ1) is 10.7. The molecule has 0 saturated heterocycles. The van der Waals surface area contributed by atoms with Gasteiger partial charge in [-0.05, 0) is 42.7 Å². The third-order valence-corrected chi connectivity index (χ3v) is 4.13. The van der Waals surface area contributed by atoms with Gasteiger partial charge < -0.3 is 15.0 Å². The van der Waals surface area contributed by atoms with Crippen molar-refractivity contribution in [3.63, 3.8) is 0 Å². The molecule has 0 spiro atoms. The Bertz CT molecular complexity index is 826. The van der Waals surface area contributed by atoms with Crippen LogP contribution in [-0.2, 0) is 0 Å². The SMILES string of the molecule is COc1ccc2cc(C(=O)Nc3cccc(SC)c3)[nH]c2c1. The van der Waals surface area contributed by atoms with Gasteiger partial charge in [-0.25, -0.2) is 0 Å². The summed E-state index contributed by atoms with van der Waals surface area (Å²) < 4.78 is 5.19. The van der Waals surface area contributed by atoms with E-state index in [1.165, 1.54) is 0 Å². The molecule has 0 unspecified atom stereocenters. The number of ether oxygens (including phenoxy) is 1. The van der Waals surface area contributed by atoms with Crippen molar-refractivity contribution in [1.82, 2.24) is 4.98 Å². The average Bonchev–Trinajstić information content (AvgIpc) is 2.98. The third-order valence-electron chi connectivity index (χ3n) is 3.40. The van der Waals surface area contributed by atoms with Gasteiger partial charge in [0.25, 0.3) is 5.91 Å². The van der Waals surface area contributed by atoms with Crippen molar-refractivity contribution < 1.29 is 9.53 Å². The lowest BCUT2D eigenvalue weighted by molar-refractivity contribution is 0.102. The van der Waals surface area contributed by atoms with E-state index in [1.54, 1.807) is 18.9 Å². The number of H-pyrrole nitrogens is 1. The third kappa shape index (κ3) is 2.94. The minimum atomic E-state index is -0.159. The molecule has 0 aliphatic heterocycles. The number of hydrogen-bond acceptors (Lipinski definition) is 3. The average molecular weight is 312 g/mol. The highest BCUT2D eigenvalue weighted by Crippen LogP contribution is 2.23. The molecule has 2 aromatic carbocycles. The van der Waals surface area contributed by atoms with E-state index in [4.69, 9.17) is 4.74 Å². The molecule has 1 amide bonds. The van der Waals surface area contributed by atoms with Gasteiger partial charge in [0.15, 0.2) is 0 Å². The quantitative estimate of drug-likeness (QED) is 0.712. The fraction of sp³-hybridized carbons (Fsp3) is 0.118. The van der Waals surface area contributed by atoms with E-state index in [1.807, 2.05) is 54.8 Å².